The van der Waals surface area contributed by atoms with Gasteiger partial charge in [0.15, 0.2) is 0 Å². The zero-order valence-corrected chi connectivity index (χ0v) is 19.3. The Morgan fingerprint density at radius 2 is 1.68 bits per heavy atom. The molecular weight excluding hydrogens is 439 g/mol. The zero-order chi connectivity index (χ0) is 24.4. The Bertz CT molecular complexity index is 1120. The van der Waals surface area contributed by atoms with Crippen molar-refractivity contribution in [2.45, 2.75) is 32.1 Å². The molecule has 2 aromatic carbocycles. The van der Waals surface area contributed by atoms with Gasteiger partial charge in [0.25, 0.3) is 17.7 Å². The van der Waals surface area contributed by atoms with Crippen LogP contribution in [0.4, 0.5) is 4.39 Å². The van der Waals surface area contributed by atoms with Gasteiger partial charge in [-0.25, -0.2) is 4.39 Å². The molecule has 1 atom stereocenters. The maximum absolute atomic E-state index is 13.4. The largest absolute Gasteiger partial charge is 0.466 e. The molecule has 34 heavy (non-hydrogen) atoms. The lowest BCUT2D eigenvalue weighted by molar-refractivity contribution is -0.144. The van der Waals surface area contributed by atoms with Crippen molar-refractivity contribution in [1.82, 2.24) is 9.80 Å². The second kappa shape index (κ2) is 9.75. The standard InChI is InChI=1S/C26H27FN2O5/c1-3-34-23(30)15-21(16-4-7-19(27)8-5-16)17-10-12-29(13-11-17)24(31)18-6-9-20-22(14-18)26(33)28(2)25(20)32/h4-9,14,17,21H,3,10-13,15H2,1-2H3/t21-/m0/s1. The Labute approximate surface area is 197 Å². The zero-order valence-electron chi connectivity index (χ0n) is 19.3. The summed E-state index contributed by atoms with van der Waals surface area (Å²) in [4.78, 5) is 52.5. The maximum Gasteiger partial charge on any atom is 0.306 e. The van der Waals surface area contributed by atoms with Crippen LogP contribution in [0.15, 0.2) is 42.5 Å². The van der Waals surface area contributed by atoms with Gasteiger partial charge < -0.3 is 9.64 Å². The van der Waals surface area contributed by atoms with Crippen molar-refractivity contribution >= 4 is 23.7 Å². The monoisotopic (exact) mass is 466 g/mol. The van der Waals surface area contributed by atoms with E-state index in [9.17, 15) is 23.6 Å². The van der Waals surface area contributed by atoms with Crippen LogP contribution in [-0.2, 0) is 9.53 Å². The highest BCUT2D eigenvalue weighted by Gasteiger charge is 2.35. The second-order valence-electron chi connectivity index (χ2n) is 8.73. The Hall–Kier alpha value is -3.55. The average molecular weight is 467 g/mol. The third kappa shape index (κ3) is 4.58. The smallest absolute Gasteiger partial charge is 0.306 e. The summed E-state index contributed by atoms with van der Waals surface area (Å²) < 4.78 is 18.6. The fourth-order valence-electron chi connectivity index (χ4n) is 4.85. The van der Waals surface area contributed by atoms with E-state index >= 15 is 0 Å². The number of amides is 3. The Morgan fingerprint density at radius 1 is 1.03 bits per heavy atom. The van der Waals surface area contributed by atoms with E-state index < -0.39 is 5.91 Å². The molecule has 0 radical (unpaired) electrons. The van der Waals surface area contributed by atoms with Gasteiger partial charge in [-0.1, -0.05) is 12.1 Å². The third-order valence-corrected chi connectivity index (χ3v) is 6.72. The van der Waals surface area contributed by atoms with E-state index in [0.29, 0.717) is 43.7 Å². The van der Waals surface area contributed by atoms with Gasteiger partial charge in [0.05, 0.1) is 24.2 Å². The molecule has 0 bridgehead atoms. The van der Waals surface area contributed by atoms with Crippen LogP contribution in [0.25, 0.3) is 0 Å². The lowest BCUT2D eigenvalue weighted by atomic mass is 9.78. The summed E-state index contributed by atoms with van der Waals surface area (Å²) >= 11 is 0. The van der Waals surface area contributed by atoms with E-state index in [1.807, 2.05) is 0 Å². The van der Waals surface area contributed by atoms with Crippen LogP contribution < -0.4 is 0 Å². The Balaban J connectivity index is 1.46. The van der Waals surface area contributed by atoms with Crippen LogP contribution >= 0.6 is 0 Å². The highest BCUT2D eigenvalue weighted by atomic mass is 19.1. The van der Waals surface area contributed by atoms with Gasteiger partial charge in [-0.2, -0.15) is 0 Å². The number of piperidine rings is 1. The first kappa shape index (κ1) is 23.6. The van der Waals surface area contributed by atoms with E-state index in [4.69, 9.17) is 4.74 Å². The number of hydrogen-bond acceptors (Lipinski definition) is 5. The van der Waals surface area contributed by atoms with Gasteiger partial charge in [-0.15, -0.1) is 0 Å². The summed E-state index contributed by atoms with van der Waals surface area (Å²) in [7, 11) is 1.42. The first-order valence-electron chi connectivity index (χ1n) is 11.5. The molecule has 3 amide bonds. The first-order chi connectivity index (χ1) is 16.3. The van der Waals surface area contributed by atoms with Crippen molar-refractivity contribution in [2.75, 3.05) is 26.7 Å². The maximum atomic E-state index is 13.4. The molecule has 7 nitrogen and oxygen atoms in total. The molecule has 8 heteroatoms. The quantitative estimate of drug-likeness (QED) is 0.480. The number of carbonyl (C=O) groups excluding carboxylic acids is 4. The summed E-state index contributed by atoms with van der Waals surface area (Å²) in [6.45, 7) is 3.05. The molecule has 4 rings (SSSR count). The Kier molecular flexibility index (Phi) is 6.77. The molecular formula is C26H27FN2O5. The number of halogens is 1. The molecule has 2 heterocycles. The predicted octanol–water partition coefficient (Wildman–Crippen LogP) is 3.64. The number of benzene rings is 2. The number of ether oxygens (including phenoxy) is 1. The molecule has 0 aliphatic carbocycles. The van der Waals surface area contributed by atoms with Crippen molar-refractivity contribution in [3.05, 3.63) is 70.5 Å². The van der Waals surface area contributed by atoms with Crippen molar-refractivity contribution in [2.24, 2.45) is 5.92 Å². The average Bonchev–Trinajstić information content (AvgIpc) is 3.06. The van der Waals surface area contributed by atoms with Gasteiger partial charge in [-0.3, -0.25) is 24.1 Å². The number of hydrogen-bond donors (Lipinski definition) is 0. The second-order valence-corrected chi connectivity index (χ2v) is 8.73. The molecule has 2 aliphatic heterocycles. The third-order valence-electron chi connectivity index (χ3n) is 6.72. The van der Waals surface area contributed by atoms with Crippen LogP contribution in [-0.4, -0.2) is 60.2 Å². The minimum Gasteiger partial charge on any atom is -0.466 e. The summed E-state index contributed by atoms with van der Waals surface area (Å²) in [5.41, 5.74) is 1.81. The molecule has 0 spiro atoms. The first-order valence-corrected chi connectivity index (χ1v) is 11.5. The normalized spacial score (nSPS) is 17.0. The summed E-state index contributed by atoms with van der Waals surface area (Å²) in [5.74, 6) is -1.59. The van der Waals surface area contributed by atoms with Crippen molar-refractivity contribution in [3.63, 3.8) is 0 Å². The number of carbonyl (C=O) groups is 4. The molecule has 1 saturated heterocycles. The number of likely N-dealkylation sites (tertiary alicyclic amines) is 1. The predicted molar refractivity (Wildman–Crippen MR) is 122 cm³/mol. The van der Waals surface area contributed by atoms with Crippen LogP contribution in [0.1, 0.15) is 68.7 Å². The highest BCUT2D eigenvalue weighted by molar-refractivity contribution is 6.21. The van der Waals surface area contributed by atoms with Crippen LogP contribution in [0.5, 0.6) is 0 Å². The van der Waals surface area contributed by atoms with Gasteiger partial charge in [-0.05, 0) is 67.5 Å². The summed E-state index contributed by atoms with van der Waals surface area (Å²) in [5, 5.41) is 0. The van der Waals surface area contributed by atoms with Gasteiger partial charge in [0.2, 0.25) is 0 Å². The molecule has 2 aliphatic rings. The van der Waals surface area contributed by atoms with Crippen molar-refractivity contribution in [3.8, 4) is 0 Å². The molecule has 0 saturated carbocycles. The minimum atomic E-state index is -0.408. The topological polar surface area (TPSA) is 84.0 Å². The van der Waals surface area contributed by atoms with E-state index in [-0.39, 0.29) is 47.4 Å². The number of rotatable bonds is 6. The van der Waals surface area contributed by atoms with E-state index in [1.54, 1.807) is 30.0 Å². The molecule has 178 valence electrons. The fourth-order valence-corrected chi connectivity index (χ4v) is 4.85. The van der Waals surface area contributed by atoms with E-state index in [1.165, 1.54) is 31.3 Å². The number of fused-ring (bicyclic) bond motifs is 1. The number of nitrogens with zero attached hydrogens (tertiary/aromatic N) is 2. The fraction of sp³-hybridized carbons (Fsp3) is 0.385. The summed E-state index contributed by atoms with van der Waals surface area (Å²) in [6.07, 6.45) is 1.56. The van der Waals surface area contributed by atoms with Crippen molar-refractivity contribution < 1.29 is 28.3 Å². The molecule has 2 aromatic rings. The lowest BCUT2D eigenvalue weighted by Crippen LogP contribution is -2.40. The number of imide groups is 1. The highest BCUT2D eigenvalue weighted by Crippen LogP contribution is 2.36. The van der Waals surface area contributed by atoms with Gasteiger partial charge in [0.1, 0.15) is 5.82 Å². The lowest BCUT2D eigenvalue weighted by Gasteiger charge is -2.36. The van der Waals surface area contributed by atoms with Crippen LogP contribution in [0, 0.1) is 11.7 Å². The molecule has 1 fully saturated rings. The van der Waals surface area contributed by atoms with Crippen LogP contribution in [0.2, 0.25) is 0 Å². The minimum absolute atomic E-state index is 0.129. The SMILES string of the molecule is CCOC(=O)C[C@@H](c1ccc(F)cc1)C1CCN(C(=O)c2ccc3c(c2)C(=O)N(C)C3=O)CC1. The van der Waals surface area contributed by atoms with E-state index in [2.05, 4.69) is 0 Å². The van der Waals surface area contributed by atoms with E-state index in [0.717, 1.165) is 10.5 Å². The van der Waals surface area contributed by atoms with Crippen molar-refractivity contribution in [1.29, 1.82) is 0 Å². The molecule has 0 aromatic heterocycles. The molecule has 0 unspecified atom stereocenters. The van der Waals surface area contributed by atoms with Gasteiger partial charge >= 0.3 is 5.97 Å². The molecule has 0 N–H and O–H groups in total. The Morgan fingerprint density at radius 3 is 2.32 bits per heavy atom. The summed E-state index contributed by atoms with van der Waals surface area (Å²) in [6, 6.07) is 10.8. The van der Waals surface area contributed by atoms with Gasteiger partial charge in [0, 0.05) is 25.7 Å². The number of esters is 1. The van der Waals surface area contributed by atoms with Crippen LogP contribution in [0.3, 0.4) is 0 Å².